The molecule has 1 aliphatic heterocycles. The summed E-state index contributed by atoms with van der Waals surface area (Å²) >= 11 is 0. The quantitative estimate of drug-likeness (QED) is 0.448. The maximum atomic E-state index is 12.7. The Bertz CT molecular complexity index is 1020. The van der Waals surface area contributed by atoms with Crippen molar-refractivity contribution in [3.8, 4) is 17.1 Å². The average molecular weight is 448 g/mol. The molecule has 2 heterocycles. The van der Waals surface area contributed by atoms with Crippen LogP contribution in [0, 0.1) is 12.8 Å². The van der Waals surface area contributed by atoms with Crippen LogP contribution in [-0.2, 0) is 17.6 Å². The van der Waals surface area contributed by atoms with Crippen molar-refractivity contribution in [2.75, 3.05) is 19.7 Å². The van der Waals surface area contributed by atoms with Crippen LogP contribution in [0.3, 0.4) is 0 Å². The maximum absolute atomic E-state index is 12.7. The highest BCUT2D eigenvalue weighted by Crippen LogP contribution is 2.24. The van der Waals surface area contributed by atoms with Gasteiger partial charge in [-0.25, -0.2) is 0 Å². The van der Waals surface area contributed by atoms with E-state index in [2.05, 4.69) is 41.3 Å². The summed E-state index contributed by atoms with van der Waals surface area (Å²) in [6.45, 7) is 6.40. The summed E-state index contributed by atoms with van der Waals surface area (Å²) in [5.74, 6) is 2.72. The van der Waals surface area contributed by atoms with Crippen LogP contribution in [0.4, 0.5) is 0 Å². The van der Waals surface area contributed by atoms with E-state index in [1.54, 1.807) is 0 Å². The standard InChI is InChI=1S/C27H33N3O3/c1-3-32-24-12-10-23(11-13-24)27-28-25(33-29-27)14-15-26(31)30-18-16-22(17-19-30)9-8-21-6-4-20(2)5-7-21/h4-7,10-13,22H,3,8-9,14-19H2,1-2H3. The summed E-state index contributed by atoms with van der Waals surface area (Å²) in [5, 5.41) is 4.06. The number of aromatic nitrogens is 2. The third kappa shape index (κ3) is 6.44. The van der Waals surface area contributed by atoms with Crippen molar-refractivity contribution in [2.45, 2.75) is 52.4 Å². The van der Waals surface area contributed by atoms with E-state index in [0.29, 0.717) is 37.1 Å². The molecule has 0 unspecified atom stereocenters. The number of benzene rings is 2. The molecule has 0 spiro atoms. The first-order valence-corrected chi connectivity index (χ1v) is 12.0. The van der Waals surface area contributed by atoms with Gasteiger partial charge in [0.2, 0.25) is 17.6 Å². The number of hydrogen-bond donors (Lipinski definition) is 0. The van der Waals surface area contributed by atoms with Crippen molar-refractivity contribution in [1.29, 1.82) is 0 Å². The fraction of sp³-hybridized carbons (Fsp3) is 0.444. The Balaban J connectivity index is 1.19. The molecule has 4 rings (SSSR count). The Morgan fingerprint density at radius 1 is 1.06 bits per heavy atom. The molecule has 0 N–H and O–H groups in total. The SMILES string of the molecule is CCOc1ccc(-c2noc(CCC(=O)N3CCC(CCc4ccc(C)cc4)CC3)n2)cc1. The molecule has 0 aliphatic carbocycles. The van der Waals surface area contributed by atoms with Crippen molar-refractivity contribution in [3.63, 3.8) is 0 Å². The third-order valence-corrected chi connectivity index (χ3v) is 6.37. The first-order chi connectivity index (χ1) is 16.1. The molecule has 6 heteroatoms. The van der Waals surface area contributed by atoms with E-state index in [1.807, 2.05) is 36.1 Å². The zero-order valence-corrected chi connectivity index (χ0v) is 19.6. The predicted molar refractivity (Wildman–Crippen MR) is 128 cm³/mol. The number of hydrogen-bond acceptors (Lipinski definition) is 5. The minimum absolute atomic E-state index is 0.174. The normalized spacial score (nSPS) is 14.4. The molecule has 0 saturated carbocycles. The number of nitrogens with zero attached hydrogens (tertiary/aromatic N) is 3. The van der Waals surface area contributed by atoms with Crippen LogP contribution >= 0.6 is 0 Å². The minimum atomic E-state index is 0.174. The topological polar surface area (TPSA) is 68.5 Å². The lowest BCUT2D eigenvalue weighted by Gasteiger charge is -2.32. The second kappa shape index (κ2) is 11.1. The summed E-state index contributed by atoms with van der Waals surface area (Å²) in [6, 6.07) is 16.4. The molecular weight excluding hydrogens is 414 g/mol. The Labute approximate surface area is 196 Å². The van der Waals surface area contributed by atoms with Crippen molar-refractivity contribution in [2.24, 2.45) is 5.92 Å². The van der Waals surface area contributed by atoms with Crippen molar-refractivity contribution in [1.82, 2.24) is 15.0 Å². The number of likely N-dealkylation sites (tertiary alicyclic amines) is 1. The highest BCUT2D eigenvalue weighted by atomic mass is 16.5. The lowest BCUT2D eigenvalue weighted by Crippen LogP contribution is -2.38. The molecular formula is C27H33N3O3. The Morgan fingerprint density at radius 3 is 2.48 bits per heavy atom. The number of amides is 1. The van der Waals surface area contributed by atoms with Crippen LogP contribution in [0.15, 0.2) is 53.1 Å². The van der Waals surface area contributed by atoms with Gasteiger partial charge in [0.05, 0.1) is 6.61 Å². The Kier molecular flexibility index (Phi) is 7.76. The number of carbonyl (C=O) groups excluding carboxylic acids is 1. The molecule has 1 saturated heterocycles. The van der Waals surface area contributed by atoms with E-state index in [9.17, 15) is 4.79 Å². The maximum Gasteiger partial charge on any atom is 0.227 e. The zero-order valence-electron chi connectivity index (χ0n) is 19.6. The van der Waals surface area contributed by atoms with Crippen LogP contribution < -0.4 is 4.74 Å². The number of aryl methyl sites for hydroxylation is 3. The van der Waals surface area contributed by atoms with Crippen LogP contribution in [0.25, 0.3) is 11.4 Å². The molecule has 0 bridgehead atoms. The highest BCUT2D eigenvalue weighted by molar-refractivity contribution is 5.76. The van der Waals surface area contributed by atoms with Crippen LogP contribution in [-0.4, -0.2) is 40.6 Å². The Morgan fingerprint density at radius 2 is 1.79 bits per heavy atom. The third-order valence-electron chi connectivity index (χ3n) is 6.37. The molecule has 1 aromatic heterocycles. The van der Waals surface area contributed by atoms with E-state index in [4.69, 9.17) is 9.26 Å². The molecule has 0 atom stereocenters. The number of piperidine rings is 1. The highest BCUT2D eigenvalue weighted by Gasteiger charge is 2.23. The van der Waals surface area contributed by atoms with E-state index in [-0.39, 0.29) is 5.91 Å². The molecule has 3 aromatic rings. The van der Waals surface area contributed by atoms with Gasteiger partial charge < -0.3 is 14.2 Å². The summed E-state index contributed by atoms with van der Waals surface area (Å²) < 4.78 is 10.8. The van der Waals surface area contributed by atoms with Crippen LogP contribution in [0.5, 0.6) is 5.75 Å². The molecule has 174 valence electrons. The van der Waals surface area contributed by atoms with Gasteiger partial charge in [-0.3, -0.25) is 4.79 Å². The molecule has 0 radical (unpaired) electrons. The molecule has 1 fully saturated rings. The van der Waals surface area contributed by atoms with Gasteiger partial charge in [0.25, 0.3) is 0 Å². The summed E-state index contributed by atoms with van der Waals surface area (Å²) in [4.78, 5) is 19.1. The average Bonchev–Trinajstić information content (AvgIpc) is 3.32. The van der Waals surface area contributed by atoms with Gasteiger partial charge in [-0.2, -0.15) is 4.98 Å². The fourth-order valence-corrected chi connectivity index (χ4v) is 4.31. The molecule has 2 aromatic carbocycles. The van der Waals surface area contributed by atoms with Gasteiger partial charge in [-0.15, -0.1) is 0 Å². The molecule has 1 amide bonds. The largest absolute Gasteiger partial charge is 0.494 e. The lowest BCUT2D eigenvalue weighted by atomic mass is 9.90. The predicted octanol–water partition coefficient (Wildman–Crippen LogP) is 5.25. The van der Waals surface area contributed by atoms with Gasteiger partial charge in [0.1, 0.15) is 5.75 Å². The first kappa shape index (κ1) is 23.0. The van der Waals surface area contributed by atoms with Gasteiger partial charge in [0.15, 0.2) is 0 Å². The zero-order chi connectivity index (χ0) is 23.0. The fourth-order valence-electron chi connectivity index (χ4n) is 4.31. The number of rotatable bonds is 9. The molecule has 6 nitrogen and oxygen atoms in total. The second-order valence-corrected chi connectivity index (χ2v) is 8.82. The smallest absolute Gasteiger partial charge is 0.227 e. The Hall–Kier alpha value is -3.15. The number of carbonyl (C=O) groups is 1. The van der Waals surface area contributed by atoms with E-state index in [1.165, 1.54) is 17.5 Å². The molecule has 33 heavy (non-hydrogen) atoms. The first-order valence-electron chi connectivity index (χ1n) is 12.0. The van der Waals surface area contributed by atoms with Crippen LogP contribution in [0.2, 0.25) is 0 Å². The van der Waals surface area contributed by atoms with Gasteiger partial charge in [-0.1, -0.05) is 35.0 Å². The minimum Gasteiger partial charge on any atom is -0.494 e. The van der Waals surface area contributed by atoms with Crippen molar-refractivity contribution < 1.29 is 14.1 Å². The second-order valence-electron chi connectivity index (χ2n) is 8.82. The van der Waals surface area contributed by atoms with E-state index < -0.39 is 0 Å². The number of ether oxygens (including phenoxy) is 1. The van der Waals surface area contributed by atoms with Gasteiger partial charge in [0, 0.05) is 31.5 Å². The molecule has 1 aliphatic rings. The summed E-state index contributed by atoms with van der Waals surface area (Å²) in [5.41, 5.74) is 3.58. The van der Waals surface area contributed by atoms with Crippen molar-refractivity contribution in [3.05, 3.63) is 65.5 Å². The van der Waals surface area contributed by atoms with Gasteiger partial charge >= 0.3 is 0 Å². The van der Waals surface area contributed by atoms with Crippen LogP contribution in [0.1, 0.15) is 49.6 Å². The summed E-state index contributed by atoms with van der Waals surface area (Å²) in [6.07, 6.45) is 5.35. The monoisotopic (exact) mass is 447 g/mol. The van der Waals surface area contributed by atoms with E-state index >= 15 is 0 Å². The summed E-state index contributed by atoms with van der Waals surface area (Å²) in [7, 11) is 0. The van der Waals surface area contributed by atoms with Crippen molar-refractivity contribution >= 4 is 5.91 Å². The lowest BCUT2D eigenvalue weighted by molar-refractivity contribution is -0.132. The van der Waals surface area contributed by atoms with E-state index in [0.717, 1.165) is 43.7 Å². The van der Waals surface area contributed by atoms with Gasteiger partial charge in [-0.05, 0) is 75.3 Å².